The number of nitrogens with zero attached hydrogens (tertiary/aromatic N) is 6. The van der Waals surface area contributed by atoms with Gasteiger partial charge in [0.2, 0.25) is 5.95 Å². The molecule has 13 aromatic rings. The van der Waals surface area contributed by atoms with E-state index in [-0.39, 0.29) is 0 Å². The first-order valence-electron chi connectivity index (χ1n) is 20.9. The van der Waals surface area contributed by atoms with Crippen LogP contribution in [0.5, 0.6) is 0 Å². The molecule has 0 saturated carbocycles. The Morgan fingerprint density at radius 1 is 0.306 bits per heavy atom. The van der Waals surface area contributed by atoms with Gasteiger partial charge in [-0.05, 0) is 77.5 Å². The van der Waals surface area contributed by atoms with Gasteiger partial charge in [-0.1, -0.05) is 140 Å². The number of hydrogen-bond acceptors (Lipinski definition) is 4. The minimum absolute atomic E-state index is 0.645. The van der Waals surface area contributed by atoms with E-state index in [2.05, 4.69) is 197 Å². The highest BCUT2D eigenvalue weighted by atomic mass is 15.2. The molecule has 0 bridgehead atoms. The lowest BCUT2D eigenvalue weighted by atomic mass is 10.0. The fraction of sp³-hybridized carbons (Fsp3) is 0. The highest BCUT2D eigenvalue weighted by Gasteiger charge is 2.22. The van der Waals surface area contributed by atoms with Crippen molar-refractivity contribution in [3.8, 4) is 45.5 Å². The van der Waals surface area contributed by atoms with E-state index < -0.39 is 0 Å². The third-order valence-corrected chi connectivity index (χ3v) is 12.3. The van der Waals surface area contributed by atoms with Crippen LogP contribution in [0.3, 0.4) is 0 Å². The van der Waals surface area contributed by atoms with Crippen molar-refractivity contribution < 1.29 is 0 Å². The van der Waals surface area contributed by atoms with E-state index in [0.29, 0.717) is 11.8 Å². The van der Waals surface area contributed by atoms with Crippen molar-refractivity contribution in [3.63, 3.8) is 0 Å². The van der Waals surface area contributed by atoms with Crippen molar-refractivity contribution in [2.45, 2.75) is 0 Å². The Labute approximate surface area is 355 Å². The van der Waals surface area contributed by atoms with Gasteiger partial charge in [0.15, 0.2) is 5.82 Å². The van der Waals surface area contributed by atoms with Gasteiger partial charge < -0.3 is 4.57 Å². The molecule has 0 N–H and O–H groups in total. The lowest BCUT2D eigenvalue weighted by Gasteiger charge is -2.12. The summed E-state index contributed by atoms with van der Waals surface area (Å²) in [6.07, 6.45) is 0. The molecule has 0 amide bonds. The van der Waals surface area contributed by atoms with Gasteiger partial charge in [-0.2, -0.15) is 0 Å². The van der Waals surface area contributed by atoms with Crippen molar-refractivity contribution in [2.24, 2.45) is 0 Å². The molecule has 6 nitrogen and oxygen atoms in total. The summed E-state index contributed by atoms with van der Waals surface area (Å²) in [5.74, 6) is 1.34. The zero-order valence-electron chi connectivity index (χ0n) is 33.3. The first-order valence-corrected chi connectivity index (χ1v) is 20.9. The van der Waals surface area contributed by atoms with Crippen molar-refractivity contribution in [3.05, 3.63) is 206 Å². The van der Waals surface area contributed by atoms with Gasteiger partial charge in [0.25, 0.3) is 0 Å². The van der Waals surface area contributed by atoms with Gasteiger partial charge in [0.05, 0.1) is 44.5 Å². The fourth-order valence-corrected chi connectivity index (χ4v) is 9.51. The van der Waals surface area contributed by atoms with Crippen molar-refractivity contribution >= 4 is 76.2 Å². The molecule has 62 heavy (non-hydrogen) atoms. The molecule has 0 spiro atoms. The van der Waals surface area contributed by atoms with E-state index in [9.17, 15) is 0 Å². The van der Waals surface area contributed by atoms with Crippen LogP contribution in [0.4, 0.5) is 0 Å². The number of aromatic nitrogens is 6. The number of para-hydroxylation sites is 4. The maximum Gasteiger partial charge on any atom is 0.235 e. The second kappa shape index (κ2) is 13.5. The Kier molecular flexibility index (Phi) is 7.50. The standard InChI is InChI=1S/C56H34N6/c1-2-15-36(16-3-1)53-42-19-7-11-23-46(42)58-56(60-53)62-48-25-13-9-21-44(48)52-50(62)33-32-49-51(52)43-20-8-12-24-47(43)61(49)40-30-28-37(29-31-40)55-57-45-22-10-6-18-41(45)54(59-55)39-27-26-35-14-4-5-17-38(35)34-39/h1-34H. The highest BCUT2D eigenvalue weighted by Crippen LogP contribution is 2.43. The van der Waals surface area contributed by atoms with E-state index in [1.165, 1.54) is 26.9 Å². The minimum Gasteiger partial charge on any atom is -0.309 e. The first kappa shape index (κ1) is 34.4. The molecule has 13 rings (SSSR count). The fourth-order valence-electron chi connectivity index (χ4n) is 9.51. The van der Waals surface area contributed by atoms with Gasteiger partial charge in [0, 0.05) is 54.7 Å². The summed E-state index contributed by atoms with van der Waals surface area (Å²) >= 11 is 0. The zero-order valence-corrected chi connectivity index (χ0v) is 33.3. The Hall–Kier alpha value is -8.48. The van der Waals surface area contributed by atoms with Gasteiger partial charge in [-0.15, -0.1) is 0 Å². The summed E-state index contributed by atoms with van der Waals surface area (Å²) in [7, 11) is 0. The molecule has 288 valence electrons. The first-order chi connectivity index (χ1) is 30.7. The molecule has 0 unspecified atom stereocenters. The summed E-state index contributed by atoms with van der Waals surface area (Å²) in [6, 6.07) is 72.5. The molecule has 0 radical (unpaired) electrons. The van der Waals surface area contributed by atoms with Gasteiger partial charge >= 0.3 is 0 Å². The molecule has 4 aromatic heterocycles. The van der Waals surface area contributed by atoms with Crippen LogP contribution in [-0.2, 0) is 0 Å². The van der Waals surface area contributed by atoms with Crippen molar-refractivity contribution in [1.82, 2.24) is 29.1 Å². The SMILES string of the molecule is c1ccc(-c2nc(-n3c4ccccc4c4c5c6ccccc6n(-c6ccc(-c7nc(-c8ccc9ccccc9c8)c8ccccc8n7)cc6)c5ccc43)nc3ccccc23)cc1. The predicted molar refractivity (Wildman–Crippen MR) is 255 cm³/mol. The van der Waals surface area contributed by atoms with Crippen molar-refractivity contribution in [2.75, 3.05) is 0 Å². The quantitative estimate of drug-likeness (QED) is 0.174. The summed E-state index contributed by atoms with van der Waals surface area (Å²) in [6.45, 7) is 0. The molecule has 0 saturated heterocycles. The van der Waals surface area contributed by atoms with E-state index in [1.807, 2.05) is 18.2 Å². The average molecular weight is 791 g/mol. The van der Waals surface area contributed by atoms with Crippen LogP contribution >= 0.6 is 0 Å². The molecular formula is C56H34N6. The van der Waals surface area contributed by atoms with E-state index in [4.69, 9.17) is 19.9 Å². The second-order valence-electron chi connectivity index (χ2n) is 15.8. The monoisotopic (exact) mass is 790 g/mol. The summed E-state index contributed by atoms with van der Waals surface area (Å²) < 4.78 is 4.61. The molecule has 0 fully saturated rings. The third-order valence-electron chi connectivity index (χ3n) is 12.3. The van der Waals surface area contributed by atoms with Crippen LogP contribution in [0, 0.1) is 0 Å². The van der Waals surface area contributed by atoms with Gasteiger partial charge in [-0.3, -0.25) is 4.57 Å². The van der Waals surface area contributed by atoms with Crippen LogP contribution in [0.15, 0.2) is 206 Å². The number of rotatable bonds is 5. The molecule has 9 aromatic carbocycles. The van der Waals surface area contributed by atoms with E-state index >= 15 is 0 Å². The van der Waals surface area contributed by atoms with Crippen LogP contribution in [0.1, 0.15) is 0 Å². The molecule has 4 heterocycles. The lowest BCUT2D eigenvalue weighted by molar-refractivity contribution is 1.01. The minimum atomic E-state index is 0.645. The predicted octanol–water partition coefficient (Wildman–Crippen LogP) is 13.9. The number of benzene rings is 9. The molecule has 0 atom stereocenters. The summed E-state index contributed by atoms with van der Waals surface area (Å²) in [5.41, 5.74) is 12.2. The second-order valence-corrected chi connectivity index (χ2v) is 15.8. The Balaban J connectivity index is 0.989. The van der Waals surface area contributed by atoms with Crippen LogP contribution < -0.4 is 0 Å². The number of fused-ring (bicyclic) bond motifs is 10. The maximum atomic E-state index is 5.33. The summed E-state index contributed by atoms with van der Waals surface area (Å²) in [5, 5.41) is 9.15. The Bertz CT molecular complexity index is 3920. The zero-order chi connectivity index (χ0) is 40.7. The van der Waals surface area contributed by atoms with E-state index in [1.54, 1.807) is 0 Å². The summed E-state index contributed by atoms with van der Waals surface area (Å²) in [4.78, 5) is 20.9. The van der Waals surface area contributed by atoms with Crippen LogP contribution in [0.2, 0.25) is 0 Å². The van der Waals surface area contributed by atoms with Crippen molar-refractivity contribution in [1.29, 1.82) is 0 Å². The largest absolute Gasteiger partial charge is 0.309 e. The Morgan fingerprint density at radius 2 is 0.839 bits per heavy atom. The lowest BCUT2D eigenvalue weighted by Crippen LogP contribution is -2.03. The smallest absolute Gasteiger partial charge is 0.235 e. The molecular weight excluding hydrogens is 757 g/mol. The maximum absolute atomic E-state index is 5.33. The normalized spacial score (nSPS) is 11.9. The third kappa shape index (κ3) is 5.23. The van der Waals surface area contributed by atoms with Gasteiger partial charge in [-0.25, -0.2) is 19.9 Å². The van der Waals surface area contributed by atoms with Gasteiger partial charge in [0.1, 0.15) is 0 Å². The average Bonchev–Trinajstić information content (AvgIpc) is 3.86. The molecule has 0 aliphatic rings. The molecule has 6 heteroatoms. The highest BCUT2D eigenvalue weighted by molar-refractivity contribution is 6.28. The van der Waals surface area contributed by atoms with Crippen LogP contribution in [-0.4, -0.2) is 29.1 Å². The molecule has 0 aliphatic heterocycles. The topological polar surface area (TPSA) is 61.4 Å². The van der Waals surface area contributed by atoms with E-state index in [0.717, 1.165) is 83.0 Å². The Morgan fingerprint density at radius 3 is 1.55 bits per heavy atom. The molecule has 0 aliphatic carbocycles. The number of hydrogen-bond donors (Lipinski definition) is 0. The van der Waals surface area contributed by atoms with Crippen LogP contribution in [0.25, 0.3) is 122 Å².